The quantitative estimate of drug-likeness (QED) is 0.782. The molecule has 0 bridgehead atoms. The zero-order chi connectivity index (χ0) is 15.9. The maximum atomic E-state index is 11.5. The molecule has 0 saturated carbocycles. The van der Waals surface area contributed by atoms with Crippen LogP contribution in [0.5, 0.6) is 0 Å². The van der Waals surface area contributed by atoms with E-state index in [0.29, 0.717) is 13.0 Å². The number of rotatable bonds is 6. The first-order valence-electron chi connectivity index (χ1n) is 7.17. The predicted molar refractivity (Wildman–Crippen MR) is 82.5 cm³/mol. The fourth-order valence-corrected chi connectivity index (χ4v) is 2.23. The number of nitrogens with one attached hydrogen (secondary N) is 2. The van der Waals surface area contributed by atoms with E-state index in [4.69, 9.17) is 0 Å². The maximum absolute atomic E-state index is 11.5. The van der Waals surface area contributed by atoms with Crippen molar-refractivity contribution in [1.82, 2.24) is 20.2 Å². The number of pyridine rings is 1. The SMILES string of the molecule is CCn1cc(CCNC(=O)NCC(=O)OC)c2cccnc21. The average Bonchev–Trinajstić information content (AvgIpc) is 2.91. The molecule has 0 spiro atoms. The van der Waals surface area contributed by atoms with Gasteiger partial charge < -0.3 is 19.9 Å². The highest BCUT2D eigenvalue weighted by Gasteiger charge is 2.09. The molecule has 7 nitrogen and oxygen atoms in total. The largest absolute Gasteiger partial charge is 0.468 e. The zero-order valence-corrected chi connectivity index (χ0v) is 12.8. The molecular weight excluding hydrogens is 284 g/mol. The molecule has 2 heterocycles. The Bertz CT molecular complexity index is 666. The average molecular weight is 304 g/mol. The lowest BCUT2D eigenvalue weighted by Gasteiger charge is -2.06. The van der Waals surface area contributed by atoms with Gasteiger partial charge in [-0.15, -0.1) is 0 Å². The molecule has 118 valence electrons. The molecule has 22 heavy (non-hydrogen) atoms. The Morgan fingerprint density at radius 1 is 1.36 bits per heavy atom. The molecule has 2 aromatic heterocycles. The Kier molecular flexibility index (Phi) is 5.35. The van der Waals surface area contributed by atoms with E-state index in [-0.39, 0.29) is 12.6 Å². The summed E-state index contributed by atoms with van der Waals surface area (Å²) in [6, 6.07) is 3.55. The van der Waals surface area contributed by atoms with Gasteiger partial charge in [-0.05, 0) is 31.0 Å². The van der Waals surface area contributed by atoms with Gasteiger partial charge in [0.2, 0.25) is 0 Å². The van der Waals surface area contributed by atoms with Crippen molar-refractivity contribution in [3.8, 4) is 0 Å². The minimum atomic E-state index is -0.479. The summed E-state index contributed by atoms with van der Waals surface area (Å²) >= 11 is 0. The first kappa shape index (κ1) is 15.8. The molecule has 0 aromatic carbocycles. The Morgan fingerprint density at radius 2 is 2.18 bits per heavy atom. The molecule has 0 atom stereocenters. The van der Waals surface area contributed by atoms with Crippen molar-refractivity contribution in [2.24, 2.45) is 0 Å². The number of hydrogen-bond acceptors (Lipinski definition) is 4. The van der Waals surface area contributed by atoms with Crippen LogP contribution in [-0.2, 0) is 22.5 Å². The number of fused-ring (bicyclic) bond motifs is 1. The van der Waals surface area contributed by atoms with Gasteiger partial charge in [0.25, 0.3) is 0 Å². The van der Waals surface area contributed by atoms with Gasteiger partial charge in [-0.2, -0.15) is 0 Å². The van der Waals surface area contributed by atoms with Crippen LogP contribution in [-0.4, -0.2) is 41.8 Å². The molecule has 0 fully saturated rings. The van der Waals surface area contributed by atoms with Crippen molar-refractivity contribution >= 4 is 23.0 Å². The number of hydrogen-bond donors (Lipinski definition) is 2. The van der Waals surface area contributed by atoms with Crippen molar-refractivity contribution in [1.29, 1.82) is 0 Å². The van der Waals surface area contributed by atoms with Crippen molar-refractivity contribution in [3.05, 3.63) is 30.1 Å². The van der Waals surface area contributed by atoms with Crippen molar-refractivity contribution in [2.75, 3.05) is 20.2 Å². The van der Waals surface area contributed by atoms with Gasteiger partial charge in [-0.3, -0.25) is 4.79 Å². The number of urea groups is 1. The van der Waals surface area contributed by atoms with Gasteiger partial charge in [0.1, 0.15) is 12.2 Å². The Balaban J connectivity index is 1.90. The second kappa shape index (κ2) is 7.44. The Labute approximate surface area is 128 Å². The summed E-state index contributed by atoms with van der Waals surface area (Å²) in [5.41, 5.74) is 2.09. The number of amides is 2. The van der Waals surface area contributed by atoms with Crippen molar-refractivity contribution in [2.45, 2.75) is 19.9 Å². The third kappa shape index (κ3) is 3.75. The van der Waals surface area contributed by atoms with Crippen LogP contribution in [0.2, 0.25) is 0 Å². The van der Waals surface area contributed by atoms with Crippen LogP contribution in [0.15, 0.2) is 24.5 Å². The van der Waals surface area contributed by atoms with Gasteiger partial charge in [0, 0.05) is 30.9 Å². The summed E-state index contributed by atoms with van der Waals surface area (Å²) in [7, 11) is 1.28. The number of aryl methyl sites for hydroxylation is 1. The number of carbonyl (C=O) groups is 2. The fraction of sp³-hybridized carbons (Fsp3) is 0.400. The first-order chi connectivity index (χ1) is 10.7. The smallest absolute Gasteiger partial charge is 0.325 e. The van der Waals surface area contributed by atoms with Gasteiger partial charge in [0.15, 0.2) is 0 Å². The van der Waals surface area contributed by atoms with Gasteiger partial charge >= 0.3 is 12.0 Å². The third-order valence-electron chi connectivity index (χ3n) is 3.36. The third-order valence-corrected chi connectivity index (χ3v) is 3.36. The highest BCUT2D eigenvalue weighted by atomic mass is 16.5. The van der Waals surface area contributed by atoms with E-state index >= 15 is 0 Å². The summed E-state index contributed by atoms with van der Waals surface area (Å²) < 4.78 is 6.53. The summed E-state index contributed by atoms with van der Waals surface area (Å²) in [4.78, 5) is 26.8. The van der Waals surface area contributed by atoms with E-state index in [1.165, 1.54) is 7.11 Å². The highest BCUT2D eigenvalue weighted by molar-refractivity contribution is 5.81. The van der Waals surface area contributed by atoms with Crippen LogP contribution in [0, 0.1) is 0 Å². The first-order valence-corrected chi connectivity index (χ1v) is 7.17. The van der Waals surface area contributed by atoms with Crippen LogP contribution in [0.3, 0.4) is 0 Å². The number of aromatic nitrogens is 2. The summed E-state index contributed by atoms with van der Waals surface area (Å²) in [6.45, 7) is 3.25. The summed E-state index contributed by atoms with van der Waals surface area (Å²) in [6.07, 6.45) is 4.53. The van der Waals surface area contributed by atoms with E-state index < -0.39 is 5.97 Å². The summed E-state index contributed by atoms with van der Waals surface area (Å²) in [5, 5.41) is 6.24. The van der Waals surface area contributed by atoms with Crippen LogP contribution >= 0.6 is 0 Å². The molecule has 2 rings (SSSR count). The van der Waals surface area contributed by atoms with E-state index in [1.54, 1.807) is 6.20 Å². The molecule has 0 unspecified atom stereocenters. The number of esters is 1. The number of nitrogens with zero attached hydrogens (tertiary/aromatic N) is 2. The summed E-state index contributed by atoms with van der Waals surface area (Å²) in [5.74, 6) is -0.479. The molecular formula is C15H20N4O3. The van der Waals surface area contributed by atoms with Crippen LogP contribution in [0.4, 0.5) is 4.79 Å². The minimum Gasteiger partial charge on any atom is -0.468 e. The standard InChI is InChI=1S/C15H20N4O3/c1-3-19-10-11(12-5-4-7-16-14(12)19)6-8-17-15(21)18-9-13(20)22-2/h4-5,7,10H,3,6,8-9H2,1-2H3,(H2,17,18,21). The van der Waals surface area contributed by atoms with Crippen LogP contribution < -0.4 is 10.6 Å². The Hall–Kier alpha value is -2.57. The number of ether oxygens (including phenoxy) is 1. The minimum absolute atomic E-state index is 0.138. The molecule has 0 aliphatic carbocycles. The molecule has 2 amide bonds. The normalized spacial score (nSPS) is 10.5. The van der Waals surface area contributed by atoms with E-state index in [1.807, 2.05) is 12.1 Å². The monoisotopic (exact) mass is 304 g/mol. The molecule has 0 saturated heterocycles. The lowest BCUT2D eigenvalue weighted by atomic mass is 10.1. The van der Waals surface area contributed by atoms with E-state index in [2.05, 4.69) is 38.0 Å². The second-order valence-corrected chi connectivity index (χ2v) is 4.75. The Morgan fingerprint density at radius 3 is 2.91 bits per heavy atom. The van der Waals surface area contributed by atoms with Gasteiger partial charge in [-0.1, -0.05) is 0 Å². The number of carbonyl (C=O) groups excluding carboxylic acids is 2. The molecule has 0 radical (unpaired) electrons. The molecule has 0 aliphatic heterocycles. The highest BCUT2D eigenvalue weighted by Crippen LogP contribution is 2.19. The van der Waals surface area contributed by atoms with Crippen molar-refractivity contribution in [3.63, 3.8) is 0 Å². The topological polar surface area (TPSA) is 85.2 Å². The molecule has 2 aromatic rings. The van der Waals surface area contributed by atoms with E-state index in [0.717, 1.165) is 23.1 Å². The van der Waals surface area contributed by atoms with Gasteiger partial charge in [0.05, 0.1) is 7.11 Å². The lowest BCUT2D eigenvalue weighted by molar-refractivity contribution is -0.139. The molecule has 2 N–H and O–H groups in total. The predicted octanol–water partition coefficient (Wildman–Crippen LogP) is 1.07. The molecule has 0 aliphatic rings. The number of methoxy groups -OCH3 is 1. The zero-order valence-electron chi connectivity index (χ0n) is 12.8. The van der Waals surface area contributed by atoms with Gasteiger partial charge in [-0.25, -0.2) is 9.78 Å². The van der Waals surface area contributed by atoms with Crippen LogP contribution in [0.1, 0.15) is 12.5 Å². The lowest BCUT2D eigenvalue weighted by Crippen LogP contribution is -2.39. The fourth-order valence-electron chi connectivity index (χ4n) is 2.23. The maximum Gasteiger partial charge on any atom is 0.325 e. The van der Waals surface area contributed by atoms with E-state index in [9.17, 15) is 9.59 Å². The van der Waals surface area contributed by atoms with Crippen molar-refractivity contribution < 1.29 is 14.3 Å². The molecule has 7 heteroatoms. The van der Waals surface area contributed by atoms with Crippen LogP contribution in [0.25, 0.3) is 11.0 Å². The second-order valence-electron chi connectivity index (χ2n) is 4.75.